The number of aryl methyl sites for hydroxylation is 1. The number of benzene rings is 1. The molecule has 2 rings (SSSR count). The first-order chi connectivity index (χ1) is 10.1. The summed E-state index contributed by atoms with van der Waals surface area (Å²) in [5.41, 5.74) is 2.49. The van der Waals surface area contributed by atoms with Crippen LogP contribution in [0.3, 0.4) is 0 Å². The third-order valence-electron chi connectivity index (χ3n) is 3.22. The quantitative estimate of drug-likeness (QED) is 0.785. The number of anilines is 1. The molecule has 1 heterocycles. The second-order valence-corrected chi connectivity index (χ2v) is 4.88. The summed E-state index contributed by atoms with van der Waals surface area (Å²) in [7, 11) is 1.87. The molecule has 0 fully saturated rings. The van der Waals surface area contributed by atoms with Crippen molar-refractivity contribution in [2.24, 2.45) is 7.05 Å². The van der Waals surface area contributed by atoms with Crippen molar-refractivity contribution in [2.75, 3.05) is 11.9 Å². The lowest BCUT2D eigenvalue weighted by Gasteiger charge is -2.10. The fourth-order valence-corrected chi connectivity index (χ4v) is 2.00. The van der Waals surface area contributed by atoms with Gasteiger partial charge in [-0.2, -0.15) is 5.10 Å². The molecule has 3 N–H and O–H groups in total. The molecule has 0 aliphatic heterocycles. The number of nitrogens with zero attached hydrogens (tertiary/aromatic N) is 2. The molecule has 1 aromatic heterocycles. The maximum Gasteiger partial charge on any atom is 0.319 e. The molecule has 2 aromatic rings. The number of rotatable bonds is 5. The van der Waals surface area contributed by atoms with E-state index in [2.05, 4.69) is 15.7 Å². The smallest absolute Gasteiger partial charge is 0.319 e. The molecule has 2 amide bonds. The molecule has 112 valence electrons. The van der Waals surface area contributed by atoms with Crippen LogP contribution in [0.2, 0.25) is 0 Å². The second kappa shape index (κ2) is 6.90. The summed E-state index contributed by atoms with van der Waals surface area (Å²) >= 11 is 0. The van der Waals surface area contributed by atoms with E-state index in [-0.39, 0.29) is 6.03 Å². The molecule has 1 aromatic carbocycles. The van der Waals surface area contributed by atoms with Gasteiger partial charge in [-0.25, -0.2) is 4.79 Å². The highest BCUT2D eigenvalue weighted by molar-refractivity contribution is 5.89. The summed E-state index contributed by atoms with van der Waals surface area (Å²) in [6, 6.07) is 8.81. The van der Waals surface area contributed by atoms with Crippen molar-refractivity contribution in [2.45, 2.75) is 19.4 Å². The van der Waals surface area contributed by atoms with E-state index >= 15 is 0 Å². The zero-order chi connectivity index (χ0) is 15.2. The molecule has 6 nitrogen and oxygen atoms in total. The highest BCUT2D eigenvalue weighted by Crippen LogP contribution is 2.16. The Kier molecular flexibility index (Phi) is 4.94. The van der Waals surface area contributed by atoms with Gasteiger partial charge in [0.15, 0.2) is 0 Å². The van der Waals surface area contributed by atoms with Gasteiger partial charge in [0.25, 0.3) is 0 Å². The number of aromatic nitrogens is 2. The summed E-state index contributed by atoms with van der Waals surface area (Å²) in [5, 5.41) is 19.1. The molecule has 0 saturated heterocycles. The summed E-state index contributed by atoms with van der Waals surface area (Å²) in [5.74, 6) is 0. The molecule has 1 atom stereocenters. The normalized spacial score (nSPS) is 12.0. The van der Waals surface area contributed by atoms with Crippen LogP contribution in [0.15, 0.2) is 36.5 Å². The number of hydrogen-bond donors (Lipinski definition) is 3. The third-order valence-corrected chi connectivity index (χ3v) is 3.22. The fourth-order valence-electron chi connectivity index (χ4n) is 2.00. The third kappa shape index (κ3) is 4.32. The minimum atomic E-state index is -0.556. The van der Waals surface area contributed by atoms with Crippen molar-refractivity contribution < 1.29 is 9.90 Å². The van der Waals surface area contributed by atoms with Crippen LogP contribution in [-0.2, 0) is 13.5 Å². The van der Waals surface area contributed by atoms with Crippen LogP contribution in [0.25, 0.3) is 0 Å². The molecule has 0 aliphatic carbocycles. The molecule has 0 spiro atoms. The lowest BCUT2D eigenvalue weighted by Crippen LogP contribution is -2.30. The van der Waals surface area contributed by atoms with Crippen molar-refractivity contribution in [1.29, 1.82) is 0 Å². The van der Waals surface area contributed by atoms with Crippen LogP contribution in [0.4, 0.5) is 10.5 Å². The van der Waals surface area contributed by atoms with Gasteiger partial charge in [0.05, 0.1) is 6.10 Å². The monoisotopic (exact) mass is 288 g/mol. The zero-order valence-corrected chi connectivity index (χ0v) is 12.2. The molecule has 21 heavy (non-hydrogen) atoms. The number of nitrogens with one attached hydrogen (secondary N) is 2. The average Bonchev–Trinajstić information content (AvgIpc) is 2.85. The number of urea groups is 1. The van der Waals surface area contributed by atoms with E-state index in [4.69, 9.17) is 0 Å². The first-order valence-corrected chi connectivity index (χ1v) is 6.86. The first kappa shape index (κ1) is 15.1. The molecule has 1 unspecified atom stereocenters. The van der Waals surface area contributed by atoms with E-state index in [1.165, 1.54) is 0 Å². The zero-order valence-electron chi connectivity index (χ0n) is 12.2. The Morgan fingerprint density at radius 3 is 2.90 bits per heavy atom. The average molecular weight is 288 g/mol. The number of aliphatic hydroxyl groups is 1. The molecule has 0 saturated carbocycles. The Balaban J connectivity index is 1.82. The molecular weight excluding hydrogens is 268 g/mol. The molecule has 0 aliphatic rings. The number of carbonyl (C=O) groups is 1. The van der Waals surface area contributed by atoms with E-state index < -0.39 is 6.10 Å². The SMILES string of the molecule is CC(O)c1cccc(NC(=O)NCCc2ccnn2C)c1. The number of carbonyl (C=O) groups excluding carboxylic acids is 1. The Morgan fingerprint density at radius 1 is 1.43 bits per heavy atom. The fraction of sp³-hybridized carbons (Fsp3) is 0.333. The molecule has 0 bridgehead atoms. The van der Waals surface area contributed by atoms with Gasteiger partial charge in [0.1, 0.15) is 0 Å². The van der Waals surface area contributed by atoms with Gasteiger partial charge < -0.3 is 15.7 Å². The predicted molar refractivity (Wildman–Crippen MR) is 81.0 cm³/mol. The van der Waals surface area contributed by atoms with Gasteiger partial charge in [-0.1, -0.05) is 12.1 Å². The number of amides is 2. The van der Waals surface area contributed by atoms with Crippen LogP contribution in [0.1, 0.15) is 24.3 Å². The van der Waals surface area contributed by atoms with E-state index in [9.17, 15) is 9.90 Å². The van der Waals surface area contributed by atoms with Crippen LogP contribution in [-0.4, -0.2) is 27.5 Å². The highest BCUT2D eigenvalue weighted by Gasteiger charge is 2.05. The van der Waals surface area contributed by atoms with Crippen LogP contribution in [0, 0.1) is 0 Å². The van der Waals surface area contributed by atoms with Gasteiger partial charge in [0, 0.05) is 37.6 Å². The van der Waals surface area contributed by atoms with Gasteiger partial charge in [-0.15, -0.1) is 0 Å². The summed E-state index contributed by atoms with van der Waals surface area (Å²) < 4.78 is 1.78. The van der Waals surface area contributed by atoms with Crippen LogP contribution in [0.5, 0.6) is 0 Å². The van der Waals surface area contributed by atoms with Gasteiger partial charge in [0.2, 0.25) is 0 Å². The Bertz CT molecular complexity index is 607. The van der Waals surface area contributed by atoms with E-state index in [0.29, 0.717) is 12.2 Å². The number of hydrogen-bond acceptors (Lipinski definition) is 3. The van der Waals surface area contributed by atoms with Crippen LogP contribution < -0.4 is 10.6 Å². The lowest BCUT2D eigenvalue weighted by molar-refractivity contribution is 0.199. The van der Waals surface area contributed by atoms with E-state index in [1.807, 2.05) is 19.2 Å². The first-order valence-electron chi connectivity index (χ1n) is 6.86. The van der Waals surface area contributed by atoms with Gasteiger partial charge in [-0.3, -0.25) is 4.68 Å². The number of aliphatic hydroxyl groups excluding tert-OH is 1. The summed E-state index contributed by atoms with van der Waals surface area (Å²) in [6.45, 7) is 2.22. The minimum Gasteiger partial charge on any atom is -0.389 e. The predicted octanol–water partition coefficient (Wildman–Crippen LogP) is 1.84. The largest absolute Gasteiger partial charge is 0.389 e. The molecule has 6 heteroatoms. The standard InChI is InChI=1S/C15H20N4O2/c1-11(20)12-4-3-5-13(10-12)18-15(21)16-8-6-14-7-9-17-19(14)2/h3-5,7,9-11,20H,6,8H2,1-2H3,(H2,16,18,21). The molecule has 0 radical (unpaired) electrons. The molecular formula is C15H20N4O2. The maximum atomic E-state index is 11.8. The Hall–Kier alpha value is -2.34. The van der Waals surface area contributed by atoms with E-state index in [0.717, 1.165) is 17.7 Å². The van der Waals surface area contributed by atoms with E-state index in [1.54, 1.807) is 36.0 Å². The topological polar surface area (TPSA) is 79.2 Å². The Morgan fingerprint density at radius 2 is 2.24 bits per heavy atom. The minimum absolute atomic E-state index is 0.264. The van der Waals surface area contributed by atoms with Gasteiger partial charge in [-0.05, 0) is 30.7 Å². The van der Waals surface area contributed by atoms with Gasteiger partial charge >= 0.3 is 6.03 Å². The highest BCUT2D eigenvalue weighted by atomic mass is 16.3. The van der Waals surface area contributed by atoms with Crippen molar-refractivity contribution in [1.82, 2.24) is 15.1 Å². The van der Waals surface area contributed by atoms with Crippen LogP contribution >= 0.6 is 0 Å². The van der Waals surface area contributed by atoms with Crippen molar-refractivity contribution in [3.05, 3.63) is 47.8 Å². The lowest BCUT2D eigenvalue weighted by atomic mass is 10.1. The van der Waals surface area contributed by atoms with Crippen molar-refractivity contribution >= 4 is 11.7 Å². The van der Waals surface area contributed by atoms with Crippen molar-refractivity contribution in [3.8, 4) is 0 Å². The summed E-state index contributed by atoms with van der Waals surface area (Å²) in [6.07, 6.45) is 1.90. The Labute approximate surface area is 123 Å². The maximum absolute atomic E-state index is 11.8. The second-order valence-electron chi connectivity index (χ2n) is 4.88. The summed E-state index contributed by atoms with van der Waals surface area (Å²) in [4.78, 5) is 11.8. The van der Waals surface area contributed by atoms with Crippen molar-refractivity contribution in [3.63, 3.8) is 0 Å².